The Bertz CT molecular complexity index is 1070. The van der Waals surface area contributed by atoms with Crippen LogP contribution in [0.1, 0.15) is 12.2 Å². The van der Waals surface area contributed by atoms with Gasteiger partial charge in [-0.3, -0.25) is 4.79 Å². The van der Waals surface area contributed by atoms with E-state index in [2.05, 4.69) is 15.3 Å². The highest BCUT2D eigenvalue weighted by atomic mass is 35.5. The molecule has 1 aliphatic heterocycles. The number of nitrogens with zero attached hydrogens (tertiary/aromatic N) is 2. The number of hydrogen-bond acceptors (Lipinski definition) is 4. The second-order valence-corrected chi connectivity index (χ2v) is 8.44. The number of nitrogens with one attached hydrogen (secondary N) is 2. The van der Waals surface area contributed by atoms with Crippen molar-refractivity contribution < 1.29 is 18.4 Å². The van der Waals surface area contributed by atoms with E-state index in [1.165, 1.54) is 0 Å². The Labute approximate surface area is 182 Å². The van der Waals surface area contributed by atoms with Gasteiger partial charge in [0.25, 0.3) is 5.92 Å². The van der Waals surface area contributed by atoms with Gasteiger partial charge in [-0.05, 0) is 36.4 Å². The molecule has 1 atom stereocenters. The van der Waals surface area contributed by atoms with Gasteiger partial charge in [-0.25, -0.2) is 13.8 Å². The Morgan fingerprint density at radius 3 is 2.65 bits per heavy atom. The molecule has 2 heterocycles. The van der Waals surface area contributed by atoms with E-state index in [1.807, 2.05) is 18.2 Å². The Morgan fingerprint density at radius 2 is 1.94 bits per heavy atom. The number of likely N-dealkylation sites (tertiary alicyclic amines) is 1. The van der Waals surface area contributed by atoms with Gasteiger partial charge in [0.15, 0.2) is 0 Å². The van der Waals surface area contributed by atoms with E-state index >= 15 is 0 Å². The van der Waals surface area contributed by atoms with Gasteiger partial charge in [-0.2, -0.15) is 0 Å². The number of hydrogen-bond donors (Lipinski definition) is 2. The lowest BCUT2D eigenvalue weighted by molar-refractivity contribution is -0.155. The molecule has 1 aromatic heterocycles. The number of aromatic amines is 1. The zero-order chi connectivity index (χ0) is 22.1. The van der Waals surface area contributed by atoms with E-state index in [0.717, 1.165) is 10.4 Å². The zero-order valence-corrected chi connectivity index (χ0v) is 17.3. The first kappa shape index (κ1) is 21.2. The van der Waals surface area contributed by atoms with E-state index < -0.39 is 30.2 Å². The lowest BCUT2D eigenvalue weighted by atomic mass is 9.79. The summed E-state index contributed by atoms with van der Waals surface area (Å²) in [6.45, 7) is -0.837. The Hall–Kier alpha value is -3.00. The molecule has 6 nitrogen and oxygen atoms in total. The molecular weight excluding hydrogens is 426 g/mol. The standard InChI is InChI=1S/C22H21ClF2N4O2/c23-15-5-7-16(8-6-15)26-11-21(14-30)10-22(24,25)13-29(12-21)20(31)9-19-27-17-3-1-2-4-18(17)28-19/h1-8,14,26H,9-13H2,(H,27,28). The summed E-state index contributed by atoms with van der Waals surface area (Å²) >= 11 is 5.86. The van der Waals surface area contributed by atoms with Crippen LogP contribution in [-0.2, 0) is 16.0 Å². The third kappa shape index (κ3) is 4.85. The predicted molar refractivity (Wildman–Crippen MR) is 114 cm³/mol. The van der Waals surface area contributed by atoms with Gasteiger partial charge in [0, 0.05) is 30.2 Å². The smallest absolute Gasteiger partial charge is 0.266 e. The Kier molecular flexibility index (Phi) is 5.66. The van der Waals surface area contributed by atoms with Crippen LogP contribution in [0.5, 0.6) is 0 Å². The topological polar surface area (TPSA) is 78.1 Å². The summed E-state index contributed by atoms with van der Waals surface area (Å²) in [5.74, 6) is -3.28. The van der Waals surface area contributed by atoms with Gasteiger partial charge in [-0.15, -0.1) is 0 Å². The number of amides is 1. The second kappa shape index (κ2) is 8.26. The quantitative estimate of drug-likeness (QED) is 0.562. The number of halogens is 3. The number of H-pyrrole nitrogens is 1. The van der Waals surface area contributed by atoms with Gasteiger partial charge < -0.3 is 20.0 Å². The van der Waals surface area contributed by atoms with E-state index in [0.29, 0.717) is 28.3 Å². The summed E-state index contributed by atoms with van der Waals surface area (Å²) in [6, 6.07) is 14.0. The normalized spacial score (nSPS) is 20.5. The number of piperidine rings is 1. The molecule has 2 N–H and O–H groups in total. The SMILES string of the molecule is O=CC1(CNc2ccc(Cl)cc2)CN(C(=O)Cc2nc3ccccc3[nH]2)CC(F)(F)C1. The number of para-hydroxylation sites is 2. The van der Waals surface area contributed by atoms with Crippen LogP contribution in [0.15, 0.2) is 48.5 Å². The van der Waals surface area contributed by atoms with Crippen molar-refractivity contribution in [3.8, 4) is 0 Å². The number of imidazole rings is 1. The Balaban J connectivity index is 1.49. The first-order valence-electron chi connectivity index (χ1n) is 9.83. The number of carbonyl (C=O) groups excluding carboxylic acids is 2. The fourth-order valence-electron chi connectivity index (χ4n) is 3.95. The van der Waals surface area contributed by atoms with Crippen LogP contribution in [0, 0.1) is 5.41 Å². The molecule has 1 aliphatic rings. The summed E-state index contributed by atoms with van der Waals surface area (Å²) in [5, 5.41) is 3.56. The second-order valence-electron chi connectivity index (χ2n) is 8.00. The fraction of sp³-hybridized carbons (Fsp3) is 0.318. The molecule has 0 aliphatic carbocycles. The van der Waals surface area contributed by atoms with Crippen molar-refractivity contribution >= 4 is 40.5 Å². The van der Waals surface area contributed by atoms with Gasteiger partial charge in [-0.1, -0.05) is 23.7 Å². The molecule has 1 saturated heterocycles. The minimum atomic E-state index is -3.18. The van der Waals surface area contributed by atoms with Crippen LogP contribution in [0.25, 0.3) is 11.0 Å². The van der Waals surface area contributed by atoms with Crippen molar-refractivity contribution in [3.05, 3.63) is 59.4 Å². The molecule has 9 heteroatoms. The Morgan fingerprint density at radius 1 is 1.19 bits per heavy atom. The molecule has 1 unspecified atom stereocenters. The molecule has 2 aromatic carbocycles. The molecule has 0 spiro atoms. The van der Waals surface area contributed by atoms with Crippen LogP contribution in [0.3, 0.4) is 0 Å². The number of aromatic nitrogens is 2. The largest absolute Gasteiger partial charge is 0.384 e. The molecule has 0 radical (unpaired) electrons. The van der Waals surface area contributed by atoms with E-state index in [1.54, 1.807) is 30.3 Å². The maximum absolute atomic E-state index is 14.6. The fourth-order valence-corrected chi connectivity index (χ4v) is 4.07. The average molecular weight is 447 g/mol. The lowest BCUT2D eigenvalue weighted by Gasteiger charge is -2.43. The number of rotatable bonds is 6. The van der Waals surface area contributed by atoms with Crippen molar-refractivity contribution in [3.63, 3.8) is 0 Å². The minimum absolute atomic E-state index is 0.0257. The van der Waals surface area contributed by atoms with Crippen LogP contribution in [-0.4, -0.2) is 52.6 Å². The summed E-state index contributed by atoms with van der Waals surface area (Å²) in [4.78, 5) is 33.2. The van der Waals surface area contributed by atoms with Gasteiger partial charge >= 0.3 is 0 Å². The number of carbonyl (C=O) groups is 2. The molecule has 0 saturated carbocycles. The summed E-state index contributed by atoms with van der Waals surface area (Å²) in [6.07, 6.45) is -0.243. The molecule has 4 rings (SSSR count). The van der Waals surface area contributed by atoms with E-state index in [4.69, 9.17) is 11.6 Å². The average Bonchev–Trinajstić information content (AvgIpc) is 3.14. The lowest BCUT2D eigenvalue weighted by Crippen LogP contribution is -2.57. The van der Waals surface area contributed by atoms with Crippen molar-refractivity contribution in [2.75, 3.05) is 25.0 Å². The van der Waals surface area contributed by atoms with Gasteiger partial charge in [0.1, 0.15) is 12.1 Å². The first-order valence-corrected chi connectivity index (χ1v) is 10.2. The molecule has 31 heavy (non-hydrogen) atoms. The predicted octanol–water partition coefficient (Wildman–Crippen LogP) is 3.92. The van der Waals surface area contributed by atoms with Crippen molar-refractivity contribution in [2.24, 2.45) is 5.41 Å². The third-order valence-corrected chi connectivity index (χ3v) is 5.64. The highest BCUT2D eigenvalue weighted by Crippen LogP contribution is 2.38. The summed E-state index contributed by atoms with van der Waals surface area (Å²) < 4.78 is 29.1. The van der Waals surface area contributed by atoms with E-state index in [9.17, 15) is 18.4 Å². The molecule has 162 valence electrons. The number of benzene rings is 2. The van der Waals surface area contributed by atoms with Crippen molar-refractivity contribution in [1.29, 1.82) is 0 Å². The number of aldehydes is 1. The number of fused-ring (bicyclic) bond motifs is 1. The highest BCUT2D eigenvalue weighted by molar-refractivity contribution is 6.30. The van der Waals surface area contributed by atoms with Crippen molar-refractivity contribution in [2.45, 2.75) is 18.8 Å². The van der Waals surface area contributed by atoms with Gasteiger partial charge in [0.2, 0.25) is 5.91 Å². The number of anilines is 1. The zero-order valence-electron chi connectivity index (χ0n) is 16.6. The minimum Gasteiger partial charge on any atom is -0.384 e. The van der Waals surface area contributed by atoms with Crippen molar-refractivity contribution in [1.82, 2.24) is 14.9 Å². The van der Waals surface area contributed by atoms with Crippen LogP contribution >= 0.6 is 11.6 Å². The highest BCUT2D eigenvalue weighted by Gasteiger charge is 2.50. The molecular formula is C22H21ClF2N4O2. The maximum Gasteiger partial charge on any atom is 0.266 e. The molecule has 1 amide bonds. The van der Waals surface area contributed by atoms with E-state index in [-0.39, 0.29) is 19.5 Å². The van der Waals surface area contributed by atoms with Gasteiger partial charge in [0.05, 0.1) is 29.4 Å². The summed E-state index contributed by atoms with van der Waals surface area (Å²) in [7, 11) is 0. The summed E-state index contributed by atoms with van der Waals surface area (Å²) in [5.41, 5.74) is 0.706. The third-order valence-electron chi connectivity index (χ3n) is 5.39. The first-order chi connectivity index (χ1) is 14.8. The van der Waals surface area contributed by atoms with Crippen LogP contribution in [0.4, 0.5) is 14.5 Å². The molecule has 3 aromatic rings. The molecule has 1 fully saturated rings. The van der Waals surface area contributed by atoms with Crippen LogP contribution in [0.2, 0.25) is 5.02 Å². The molecule has 0 bridgehead atoms. The van der Waals surface area contributed by atoms with Crippen LogP contribution < -0.4 is 5.32 Å². The monoisotopic (exact) mass is 446 g/mol. The maximum atomic E-state index is 14.6. The number of alkyl halides is 2.